The van der Waals surface area contributed by atoms with Crippen LogP contribution in [-0.2, 0) is 38.0 Å². The predicted octanol–water partition coefficient (Wildman–Crippen LogP) is 10.2. The molecule has 1 saturated heterocycles. The molecule has 14 nitrogen and oxygen atoms in total. The third-order valence-electron chi connectivity index (χ3n) is 12.8. The lowest BCUT2D eigenvalue weighted by molar-refractivity contribution is -0.217. The smallest absolute Gasteiger partial charge is 0.234 e. The monoisotopic (exact) mass is 1020 g/mol. The Morgan fingerprint density at radius 2 is 1.17 bits per heavy atom. The molecule has 0 aromatic rings. The van der Waals surface area contributed by atoms with Gasteiger partial charge in [0.2, 0.25) is 11.8 Å². The zero-order valence-corrected chi connectivity index (χ0v) is 46.2. The lowest BCUT2D eigenvalue weighted by Crippen LogP contribution is -2.48. The quantitative estimate of drug-likeness (QED) is 0.0222. The number of amides is 2. The molecule has 0 saturated carbocycles. The summed E-state index contributed by atoms with van der Waals surface area (Å²) in [5.41, 5.74) is 0. The SMILES string of the molecule is CCCCC/C=C\C/C=C\CCCCCCCCC1(CCCCCCCC/C=C\C/C=C\CCCCC)OC[C@H](CN(C)CC(=O)NCCOCCOCCO[C@H](OC(CO)[C@H](O)CO)[C@H](C)NC(C)=O)O1. The molecular weight excluding hydrogens is 915 g/mol. The van der Waals surface area contributed by atoms with E-state index >= 15 is 0 Å². The summed E-state index contributed by atoms with van der Waals surface area (Å²) in [5.74, 6) is -0.913. The van der Waals surface area contributed by atoms with Crippen molar-refractivity contribution < 1.29 is 53.3 Å². The number of likely N-dealkylation sites (N-methyl/N-ethyl adjacent to an activating group) is 1. The first-order valence-electron chi connectivity index (χ1n) is 28.6. The summed E-state index contributed by atoms with van der Waals surface area (Å²) in [7, 11) is 1.95. The van der Waals surface area contributed by atoms with E-state index in [4.69, 9.17) is 28.4 Å². The van der Waals surface area contributed by atoms with Gasteiger partial charge in [-0.3, -0.25) is 14.5 Å². The fourth-order valence-electron chi connectivity index (χ4n) is 8.62. The van der Waals surface area contributed by atoms with Gasteiger partial charge in [-0.25, -0.2) is 0 Å². The van der Waals surface area contributed by atoms with E-state index in [-0.39, 0.29) is 37.7 Å². The molecule has 420 valence electrons. The van der Waals surface area contributed by atoms with Gasteiger partial charge in [0.05, 0.1) is 71.5 Å². The first-order chi connectivity index (χ1) is 35.1. The number of allylic oxidation sites excluding steroid dienone is 8. The van der Waals surface area contributed by atoms with Crippen molar-refractivity contribution in [1.29, 1.82) is 0 Å². The van der Waals surface area contributed by atoms with Crippen molar-refractivity contribution in [2.24, 2.45) is 0 Å². The van der Waals surface area contributed by atoms with Crippen molar-refractivity contribution >= 4 is 11.8 Å². The molecule has 0 aliphatic carbocycles. The highest BCUT2D eigenvalue weighted by atomic mass is 16.7. The molecule has 1 fully saturated rings. The summed E-state index contributed by atoms with van der Waals surface area (Å²) in [4.78, 5) is 26.4. The zero-order valence-electron chi connectivity index (χ0n) is 46.2. The van der Waals surface area contributed by atoms with Crippen LogP contribution >= 0.6 is 0 Å². The second kappa shape index (κ2) is 48.2. The molecule has 2 amide bonds. The minimum Gasteiger partial charge on any atom is -0.394 e. The second-order valence-corrected chi connectivity index (χ2v) is 19.7. The van der Waals surface area contributed by atoms with E-state index in [0.29, 0.717) is 39.5 Å². The maximum atomic E-state index is 12.8. The number of aliphatic hydroxyl groups is 3. The number of unbranched alkanes of at least 4 members (excludes halogenated alkanes) is 18. The maximum absolute atomic E-state index is 12.8. The topological polar surface area (TPSA) is 178 Å². The lowest BCUT2D eigenvalue weighted by Gasteiger charge is -2.30. The Labute approximate surface area is 438 Å². The fraction of sp³-hybridized carbons (Fsp3) is 0.828. The number of nitrogens with zero attached hydrogens (tertiary/aromatic N) is 1. The van der Waals surface area contributed by atoms with Crippen molar-refractivity contribution in [3.8, 4) is 0 Å². The number of ether oxygens (including phenoxy) is 6. The van der Waals surface area contributed by atoms with Gasteiger partial charge in [-0.05, 0) is 91.0 Å². The van der Waals surface area contributed by atoms with Crippen molar-refractivity contribution in [3.05, 3.63) is 48.6 Å². The van der Waals surface area contributed by atoms with Gasteiger partial charge in [-0.2, -0.15) is 0 Å². The Hall–Kier alpha value is -2.50. The summed E-state index contributed by atoms with van der Waals surface area (Å²) >= 11 is 0. The van der Waals surface area contributed by atoms with Crippen LogP contribution in [0.3, 0.4) is 0 Å². The van der Waals surface area contributed by atoms with Crippen LogP contribution in [0.2, 0.25) is 0 Å². The summed E-state index contributed by atoms with van der Waals surface area (Å²) < 4.78 is 35.9. The molecule has 1 unspecified atom stereocenters. The third kappa shape index (κ3) is 39.0. The summed E-state index contributed by atoms with van der Waals surface area (Å²) in [6.45, 7) is 9.43. The van der Waals surface area contributed by atoms with Gasteiger partial charge in [0.25, 0.3) is 0 Å². The molecule has 1 aliphatic heterocycles. The number of nitrogens with one attached hydrogen (secondary N) is 2. The van der Waals surface area contributed by atoms with Gasteiger partial charge in [0, 0.05) is 32.9 Å². The largest absolute Gasteiger partial charge is 0.394 e. The zero-order chi connectivity index (χ0) is 52.6. The average molecular weight is 1020 g/mol. The first-order valence-corrected chi connectivity index (χ1v) is 28.6. The number of carbonyl (C=O) groups is 2. The molecule has 1 heterocycles. The van der Waals surface area contributed by atoms with Crippen molar-refractivity contribution in [1.82, 2.24) is 15.5 Å². The highest BCUT2D eigenvalue weighted by molar-refractivity contribution is 5.77. The molecular formula is C58H107N3O11. The van der Waals surface area contributed by atoms with E-state index in [1.165, 1.54) is 135 Å². The molecule has 14 heteroatoms. The third-order valence-corrected chi connectivity index (χ3v) is 12.8. The molecule has 0 radical (unpaired) electrons. The molecule has 0 aromatic heterocycles. The van der Waals surface area contributed by atoms with Crippen LogP contribution in [0, 0.1) is 0 Å². The fourth-order valence-corrected chi connectivity index (χ4v) is 8.62. The van der Waals surface area contributed by atoms with Crippen LogP contribution in [-0.4, -0.2) is 148 Å². The van der Waals surface area contributed by atoms with Crippen molar-refractivity contribution in [3.63, 3.8) is 0 Å². The van der Waals surface area contributed by atoms with Crippen LogP contribution in [0.15, 0.2) is 48.6 Å². The summed E-state index contributed by atoms with van der Waals surface area (Å²) in [5, 5.41) is 34.3. The van der Waals surface area contributed by atoms with Gasteiger partial charge < -0.3 is 54.4 Å². The highest BCUT2D eigenvalue weighted by Crippen LogP contribution is 2.35. The van der Waals surface area contributed by atoms with Crippen LogP contribution in [0.25, 0.3) is 0 Å². The van der Waals surface area contributed by atoms with E-state index in [1.807, 2.05) is 11.9 Å². The normalized spacial score (nSPS) is 16.8. The lowest BCUT2D eigenvalue weighted by atomic mass is 9.98. The molecule has 72 heavy (non-hydrogen) atoms. The average Bonchev–Trinajstić information content (AvgIpc) is 3.76. The molecule has 1 rings (SSSR count). The Morgan fingerprint density at radius 3 is 1.67 bits per heavy atom. The first kappa shape index (κ1) is 67.5. The maximum Gasteiger partial charge on any atom is 0.234 e. The van der Waals surface area contributed by atoms with Crippen LogP contribution < -0.4 is 10.6 Å². The van der Waals surface area contributed by atoms with Crippen molar-refractivity contribution in [2.45, 2.75) is 231 Å². The molecule has 0 spiro atoms. The summed E-state index contributed by atoms with van der Waals surface area (Å²) in [6.07, 6.45) is 46.3. The van der Waals surface area contributed by atoms with Gasteiger partial charge in [0.1, 0.15) is 12.2 Å². The van der Waals surface area contributed by atoms with E-state index in [1.54, 1.807) is 6.92 Å². The minimum atomic E-state index is -1.31. The Balaban J connectivity index is 2.42. The van der Waals surface area contributed by atoms with E-state index in [2.05, 4.69) is 73.1 Å². The standard InChI is InChI=1S/C58H107N3O11/c1-6-8-10-12-14-16-18-20-22-24-26-28-30-32-34-36-38-58(39-37-35-33-31-29-27-25-23-21-19-17-15-13-11-9-7-2)70-50-53(72-58)46-61(5)47-56(66)59-40-41-67-42-43-68-44-45-69-57(51(3)60-52(4)64)71-55(49-63)54(65)48-62/h14-17,20-23,51,53-55,57,62-63,65H,6-13,18-19,24-50H2,1-5H3,(H,59,66)(H,60,64)/b16-14-,17-15-,22-20-,23-21-/t51-,53-,54+,55?,57+/m0/s1. The molecule has 0 bridgehead atoms. The predicted molar refractivity (Wildman–Crippen MR) is 292 cm³/mol. The van der Waals surface area contributed by atoms with Gasteiger partial charge in [-0.15, -0.1) is 0 Å². The second-order valence-electron chi connectivity index (χ2n) is 19.7. The van der Waals surface area contributed by atoms with Crippen LogP contribution in [0.4, 0.5) is 0 Å². The Kier molecular flexibility index (Phi) is 45.2. The number of rotatable bonds is 51. The molecule has 5 N–H and O–H groups in total. The number of hydrogen-bond acceptors (Lipinski definition) is 12. The van der Waals surface area contributed by atoms with Crippen molar-refractivity contribution in [2.75, 3.05) is 79.5 Å². The Morgan fingerprint density at radius 1 is 0.681 bits per heavy atom. The molecule has 0 aromatic carbocycles. The number of aliphatic hydroxyl groups excluding tert-OH is 3. The number of hydrogen-bond donors (Lipinski definition) is 5. The Bertz CT molecular complexity index is 1330. The van der Waals surface area contributed by atoms with E-state index < -0.39 is 43.5 Å². The molecule has 1 aliphatic rings. The molecule has 5 atom stereocenters. The van der Waals surface area contributed by atoms with Crippen LogP contribution in [0.1, 0.15) is 195 Å². The van der Waals surface area contributed by atoms with Crippen LogP contribution in [0.5, 0.6) is 0 Å². The van der Waals surface area contributed by atoms with Gasteiger partial charge in [0.15, 0.2) is 12.1 Å². The van der Waals surface area contributed by atoms with E-state index in [0.717, 1.165) is 38.5 Å². The number of carbonyl (C=O) groups excluding carboxylic acids is 2. The minimum absolute atomic E-state index is 0.0810. The van der Waals surface area contributed by atoms with Gasteiger partial charge >= 0.3 is 0 Å². The highest BCUT2D eigenvalue weighted by Gasteiger charge is 2.41. The summed E-state index contributed by atoms with van der Waals surface area (Å²) in [6, 6.07) is -0.591. The van der Waals surface area contributed by atoms with Gasteiger partial charge in [-0.1, -0.05) is 140 Å². The van der Waals surface area contributed by atoms with E-state index in [9.17, 15) is 24.9 Å².